The molecule has 10 heteroatoms. The molecule has 1 aromatic carbocycles. The Morgan fingerprint density at radius 1 is 1.47 bits per heavy atom. The van der Waals surface area contributed by atoms with Gasteiger partial charge in [-0.3, -0.25) is 14.5 Å². The molecule has 1 N–H and O–H groups in total. The summed E-state index contributed by atoms with van der Waals surface area (Å²) in [5.74, 6) is -0.194. The molecule has 2 saturated heterocycles. The SMILES string of the molecule is COCCNC(=O)Cn1cc(/C=C2\SC(=S)N(C[C@@H]3CCCO3)C2=O)c2cc(Br)ccc21. The van der Waals surface area contributed by atoms with E-state index in [0.29, 0.717) is 28.9 Å². The third-order valence-corrected chi connectivity index (χ3v) is 7.26. The summed E-state index contributed by atoms with van der Waals surface area (Å²) in [5.41, 5.74) is 1.78. The minimum atomic E-state index is -0.101. The number of carbonyl (C=O) groups is 2. The van der Waals surface area contributed by atoms with Crippen molar-refractivity contribution in [2.45, 2.75) is 25.5 Å². The van der Waals surface area contributed by atoms with Crippen LogP contribution in [0.15, 0.2) is 33.8 Å². The summed E-state index contributed by atoms with van der Waals surface area (Å²) < 4.78 is 14.0. The molecular formula is C22H24BrN3O4S2. The Labute approximate surface area is 204 Å². The van der Waals surface area contributed by atoms with Gasteiger partial charge in [0.25, 0.3) is 5.91 Å². The molecule has 2 aromatic rings. The van der Waals surface area contributed by atoms with Gasteiger partial charge in [0, 0.05) is 47.4 Å². The topological polar surface area (TPSA) is 72.8 Å². The van der Waals surface area contributed by atoms with Crippen molar-refractivity contribution in [3.05, 3.63) is 39.3 Å². The fourth-order valence-corrected chi connectivity index (χ4v) is 5.46. The normalized spacial score (nSPS) is 20.1. The molecule has 0 unspecified atom stereocenters. The maximum Gasteiger partial charge on any atom is 0.266 e. The van der Waals surface area contributed by atoms with E-state index in [2.05, 4.69) is 21.2 Å². The predicted molar refractivity (Wildman–Crippen MR) is 133 cm³/mol. The number of methoxy groups -OCH3 is 1. The van der Waals surface area contributed by atoms with E-state index >= 15 is 0 Å². The quantitative estimate of drug-likeness (QED) is 0.315. The Bertz CT molecular complexity index is 1080. The van der Waals surface area contributed by atoms with Crippen LogP contribution in [-0.4, -0.2) is 65.1 Å². The maximum atomic E-state index is 13.0. The van der Waals surface area contributed by atoms with E-state index in [-0.39, 0.29) is 24.5 Å². The number of hydrogen-bond donors (Lipinski definition) is 1. The van der Waals surface area contributed by atoms with E-state index in [1.165, 1.54) is 11.8 Å². The summed E-state index contributed by atoms with van der Waals surface area (Å²) in [6.45, 7) is 2.33. The molecule has 0 radical (unpaired) electrons. The largest absolute Gasteiger partial charge is 0.383 e. The summed E-state index contributed by atoms with van der Waals surface area (Å²) >= 11 is 10.3. The highest BCUT2D eigenvalue weighted by atomic mass is 79.9. The van der Waals surface area contributed by atoms with Crippen LogP contribution in [-0.2, 0) is 25.6 Å². The molecule has 0 saturated carbocycles. The third kappa shape index (κ3) is 5.26. The molecule has 2 aliphatic heterocycles. The van der Waals surface area contributed by atoms with Crippen molar-refractivity contribution in [1.29, 1.82) is 0 Å². The summed E-state index contributed by atoms with van der Waals surface area (Å²) in [7, 11) is 1.60. The van der Waals surface area contributed by atoms with Crippen molar-refractivity contribution in [3.8, 4) is 0 Å². The third-order valence-electron chi connectivity index (χ3n) is 5.39. The van der Waals surface area contributed by atoms with Crippen LogP contribution < -0.4 is 5.32 Å². The van der Waals surface area contributed by atoms with Crippen molar-refractivity contribution in [2.75, 3.05) is 33.4 Å². The fourth-order valence-electron chi connectivity index (χ4n) is 3.84. The van der Waals surface area contributed by atoms with Crippen LogP contribution in [0.1, 0.15) is 18.4 Å². The van der Waals surface area contributed by atoms with Gasteiger partial charge in [-0.25, -0.2) is 0 Å². The molecule has 2 aliphatic rings. The molecule has 2 fully saturated rings. The number of halogens is 1. The van der Waals surface area contributed by atoms with Gasteiger partial charge in [-0.2, -0.15) is 0 Å². The highest BCUT2D eigenvalue weighted by Gasteiger charge is 2.34. The molecule has 2 amide bonds. The standard InChI is InChI=1S/C22H24BrN3O4S2/c1-29-8-6-24-20(27)13-25-11-14(17-10-15(23)4-5-18(17)25)9-19-21(28)26(22(31)32-19)12-16-3-2-7-30-16/h4-5,9-11,16H,2-3,6-8,12-13H2,1H3,(H,24,27)/b19-9-/t16-/m0/s1. The number of thioether (sulfide) groups is 1. The summed E-state index contributed by atoms with van der Waals surface area (Å²) in [4.78, 5) is 27.6. The Morgan fingerprint density at radius 2 is 2.31 bits per heavy atom. The number of aromatic nitrogens is 1. The second-order valence-corrected chi connectivity index (χ2v) is 10.2. The van der Waals surface area contributed by atoms with Crippen LogP contribution in [0.4, 0.5) is 0 Å². The van der Waals surface area contributed by atoms with Gasteiger partial charge in [0.15, 0.2) is 0 Å². The summed E-state index contributed by atoms with van der Waals surface area (Å²) in [6.07, 6.45) is 5.78. The Hall–Kier alpha value is -1.72. The molecule has 4 rings (SSSR count). The molecule has 1 atom stereocenters. The van der Waals surface area contributed by atoms with Crippen LogP contribution in [0.25, 0.3) is 17.0 Å². The van der Waals surface area contributed by atoms with Gasteiger partial charge in [-0.05, 0) is 37.1 Å². The van der Waals surface area contributed by atoms with Crippen molar-refractivity contribution >= 4 is 73.0 Å². The van der Waals surface area contributed by atoms with E-state index in [4.69, 9.17) is 21.7 Å². The number of amides is 2. The molecule has 170 valence electrons. The van der Waals surface area contributed by atoms with Crippen molar-refractivity contribution < 1.29 is 19.1 Å². The lowest BCUT2D eigenvalue weighted by Gasteiger charge is -2.18. The zero-order valence-corrected chi connectivity index (χ0v) is 20.9. The molecule has 7 nitrogen and oxygen atoms in total. The van der Waals surface area contributed by atoms with E-state index in [1.54, 1.807) is 12.0 Å². The number of nitrogens with zero attached hydrogens (tertiary/aromatic N) is 2. The number of hydrogen-bond acceptors (Lipinski definition) is 6. The smallest absolute Gasteiger partial charge is 0.266 e. The van der Waals surface area contributed by atoms with Crippen LogP contribution in [0.2, 0.25) is 0 Å². The number of ether oxygens (including phenoxy) is 2. The van der Waals surface area contributed by atoms with Gasteiger partial charge in [0.05, 0.1) is 24.2 Å². The number of carbonyl (C=O) groups excluding carboxylic acids is 2. The lowest BCUT2D eigenvalue weighted by atomic mass is 10.1. The molecule has 0 spiro atoms. The summed E-state index contributed by atoms with van der Waals surface area (Å²) in [5, 5.41) is 3.79. The average Bonchev–Trinajstić information content (AvgIpc) is 3.45. The first-order chi connectivity index (χ1) is 15.5. The molecule has 0 aliphatic carbocycles. The van der Waals surface area contributed by atoms with Gasteiger partial charge >= 0.3 is 0 Å². The van der Waals surface area contributed by atoms with Crippen LogP contribution in [0, 0.1) is 0 Å². The van der Waals surface area contributed by atoms with Crippen molar-refractivity contribution in [2.24, 2.45) is 0 Å². The van der Waals surface area contributed by atoms with Crippen LogP contribution in [0.5, 0.6) is 0 Å². The molecule has 1 aromatic heterocycles. The number of nitrogens with one attached hydrogen (secondary N) is 1. The number of thiocarbonyl (C=S) groups is 1. The summed E-state index contributed by atoms with van der Waals surface area (Å²) in [6, 6.07) is 5.89. The predicted octanol–water partition coefficient (Wildman–Crippen LogP) is 3.55. The number of rotatable bonds is 8. The first-order valence-electron chi connectivity index (χ1n) is 10.4. The van der Waals surface area contributed by atoms with Gasteiger partial charge in [0.2, 0.25) is 5.91 Å². The monoisotopic (exact) mass is 537 g/mol. The fraction of sp³-hybridized carbons (Fsp3) is 0.409. The lowest BCUT2D eigenvalue weighted by Crippen LogP contribution is -2.35. The van der Waals surface area contributed by atoms with Crippen molar-refractivity contribution in [1.82, 2.24) is 14.8 Å². The van der Waals surface area contributed by atoms with E-state index < -0.39 is 0 Å². The van der Waals surface area contributed by atoms with E-state index in [0.717, 1.165) is 40.4 Å². The minimum Gasteiger partial charge on any atom is -0.383 e. The highest BCUT2D eigenvalue weighted by Crippen LogP contribution is 2.35. The zero-order chi connectivity index (χ0) is 22.7. The van der Waals surface area contributed by atoms with E-state index in [1.807, 2.05) is 35.0 Å². The molecule has 0 bridgehead atoms. The number of fused-ring (bicyclic) bond motifs is 1. The molecule has 3 heterocycles. The first kappa shape index (κ1) is 23.4. The van der Waals surface area contributed by atoms with Gasteiger partial charge < -0.3 is 19.4 Å². The number of benzene rings is 1. The first-order valence-corrected chi connectivity index (χ1v) is 12.4. The van der Waals surface area contributed by atoms with Crippen LogP contribution in [0.3, 0.4) is 0 Å². The van der Waals surface area contributed by atoms with Gasteiger partial charge in [-0.1, -0.05) is 39.9 Å². The van der Waals surface area contributed by atoms with Crippen molar-refractivity contribution in [3.63, 3.8) is 0 Å². The van der Waals surface area contributed by atoms with Gasteiger partial charge in [-0.15, -0.1) is 0 Å². The Balaban J connectivity index is 1.59. The Morgan fingerprint density at radius 3 is 3.06 bits per heavy atom. The average molecular weight is 538 g/mol. The second-order valence-electron chi connectivity index (χ2n) is 7.64. The van der Waals surface area contributed by atoms with Gasteiger partial charge in [0.1, 0.15) is 10.9 Å². The maximum absolute atomic E-state index is 13.0. The molecule has 32 heavy (non-hydrogen) atoms. The molecular weight excluding hydrogens is 514 g/mol. The second kappa shape index (κ2) is 10.5. The zero-order valence-electron chi connectivity index (χ0n) is 17.6. The lowest BCUT2D eigenvalue weighted by molar-refractivity contribution is -0.123. The highest BCUT2D eigenvalue weighted by molar-refractivity contribution is 9.10. The van der Waals surface area contributed by atoms with Crippen LogP contribution >= 0.6 is 39.9 Å². The minimum absolute atomic E-state index is 0.0475. The Kier molecular flexibility index (Phi) is 7.67. The van der Waals surface area contributed by atoms with E-state index in [9.17, 15) is 9.59 Å².